The number of aromatic amines is 1. The Morgan fingerprint density at radius 3 is 2.56 bits per heavy atom. The van der Waals surface area contributed by atoms with Crippen LogP contribution in [0, 0.1) is 22.2 Å². The SMILES string of the molecule is CC(NP(=O)(OCC1OC(n2ccc(=O)[nH]c2=O)C(C)(C#N)C1O)Oc1ccccc1)C(=O)OCC(C)(C)C. The molecule has 1 saturated heterocycles. The minimum atomic E-state index is -4.29. The second-order valence-corrected chi connectivity index (χ2v) is 12.3. The number of aliphatic hydroxyl groups excluding tert-OH is 1. The van der Waals surface area contributed by atoms with Crippen LogP contribution < -0.4 is 20.9 Å². The van der Waals surface area contributed by atoms with Crippen molar-refractivity contribution in [3.05, 3.63) is 63.4 Å². The lowest BCUT2D eigenvalue weighted by Gasteiger charge is -2.26. The topological polar surface area (TPSA) is 182 Å². The molecule has 39 heavy (non-hydrogen) atoms. The summed E-state index contributed by atoms with van der Waals surface area (Å²) in [5, 5.41) is 23.3. The average Bonchev–Trinajstić information content (AvgIpc) is 3.11. The Bertz CT molecular complexity index is 1360. The highest BCUT2D eigenvalue weighted by atomic mass is 31.2. The van der Waals surface area contributed by atoms with Crippen molar-refractivity contribution in [1.82, 2.24) is 14.6 Å². The zero-order valence-corrected chi connectivity index (χ0v) is 23.2. The van der Waals surface area contributed by atoms with Crippen molar-refractivity contribution < 1.29 is 33.0 Å². The number of benzene rings is 1. The van der Waals surface area contributed by atoms with Crippen LogP contribution in [0.5, 0.6) is 5.75 Å². The number of nitrogens with one attached hydrogen (secondary N) is 2. The highest BCUT2D eigenvalue weighted by molar-refractivity contribution is 7.52. The Labute approximate surface area is 225 Å². The van der Waals surface area contributed by atoms with Crippen molar-refractivity contribution in [1.29, 1.82) is 5.26 Å². The van der Waals surface area contributed by atoms with Gasteiger partial charge in [-0.1, -0.05) is 39.0 Å². The van der Waals surface area contributed by atoms with E-state index in [9.17, 15) is 29.3 Å². The van der Waals surface area contributed by atoms with E-state index in [4.69, 9.17) is 18.5 Å². The van der Waals surface area contributed by atoms with E-state index < -0.39 is 61.5 Å². The summed E-state index contributed by atoms with van der Waals surface area (Å²) in [5.74, 6) is -0.506. The first-order valence-electron chi connectivity index (χ1n) is 12.2. The third kappa shape index (κ3) is 7.44. The van der Waals surface area contributed by atoms with Gasteiger partial charge in [0.15, 0.2) is 6.23 Å². The van der Waals surface area contributed by atoms with Gasteiger partial charge in [-0.05, 0) is 31.4 Å². The van der Waals surface area contributed by atoms with Gasteiger partial charge in [0.05, 0.1) is 19.3 Å². The number of carbonyl (C=O) groups is 1. The molecule has 1 fully saturated rings. The third-order valence-electron chi connectivity index (χ3n) is 5.86. The average molecular weight is 565 g/mol. The van der Waals surface area contributed by atoms with Crippen LogP contribution in [0.15, 0.2) is 52.2 Å². The van der Waals surface area contributed by atoms with Crippen LogP contribution in [-0.2, 0) is 23.4 Å². The van der Waals surface area contributed by atoms with Crippen molar-refractivity contribution in [3.63, 3.8) is 0 Å². The fourth-order valence-corrected chi connectivity index (χ4v) is 5.22. The standard InChI is InChI=1S/C25H33N4O9P/c1-16(21(32)35-15-24(2,3)4)28-39(34,38-17-9-7-6-8-10-17)36-13-18-20(31)25(5,14-26)22(37-18)29-12-11-19(30)27-23(29)33/h6-12,16,18,20,22,31H,13,15H2,1-5H3,(H,28,34)(H,27,30,33). The van der Waals surface area contributed by atoms with Crippen LogP contribution in [0.1, 0.15) is 40.8 Å². The smallest absolute Gasteiger partial charge is 0.459 e. The summed E-state index contributed by atoms with van der Waals surface area (Å²) in [7, 11) is -4.29. The monoisotopic (exact) mass is 564 g/mol. The Hall–Kier alpha value is -3.27. The maximum absolute atomic E-state index is 13.8. The number of para-hydroxylation sites is 1. The number of aromatic nitrogens is 2. The quantitative estimate of drug-likeness (QED) is 0.284. The molecule has 1 aromatic carbocycles. The normalized spacial score (nSPS) is 25.3. The van der Waals surface area contributed by atoms with Gasteiger partial charge in [-0.3, -0.25) is 23.7 Å². The Kier molecular flexibility index (Phi) is 9.20. The van der Waals surface area contributed by atoms with Gasteiger partial charge in [0.2, 0.25) is 0 Å². The summed E-state index contributed by atoms with van der Waals surface area (Å²) in [6.07, 6.45) is -2.89. The molecule has 6 unspecified atom stereocenters. The fraction of sp³-hybridized carbons (Fsp3) is 0.520. The first-order valence-corrected chi connectivity index (χ1v) is 13.7. The van der Waals surface area contributed by atoms with Crippen molar-refractivity contribution in [3.8, 4) is 11.8 Å². The van der Waals surface area contributed by atoms with Crippen LogP contribution in [-0.4, -0.2) is 52.1 Å². The second kappa shape index (κ2) is 11.9. The number of nitrogens with zero attached hydrogens (tertiary/aromatic N) is 2. The number of rotatable bonds is 10. The maximum Gasteiger partial charge on any atom is 0.459 e. The molecule has 0 amide bonds. The molecule has 0 bridgehead atoms. The van der Waals surface area contributed by atoms with Gasteiger partial charge < -0.3 is 19.1 Å². The maximum atomic E-state index is 13.8. The number of aliphatic hydroxyl groups is 1. The molecule has 1 aliphatic heterocycles. The van der Waals surface area contributed by atoms with E-state index in [0.717, 1.165) is 16.8 Å². The number of hydrogen-bond acceptors (Lipinski definition) is 10. The molecule has 2 heterocycles. The predicted octanol–water partition coefficient (Wildman–Crippen LogP) is 2.10. The molecule has 1 aromatic heterocycles. The molecule has 1 aliphatic rings. The summed E-state index contributed by atoms with van der Waals surface area (Å²) < 4.78 is 37.1. The van der Waals surface area contributed by atoms with Gasteiger partial charge in [-0.15, -0.1) is 0 Å². The van der Waals surface area contributed by atoms with E-state index in [2.05, 4.69) is 10.1 Å². The summed E-state index contributed by atoms with van der Waals surface area (Å²) >= 11 is 0. The first-order chi connectivity index (χ1) is 18.2. The third-order valence-corrected chi connectivity index (χ3v) is 7.50. The summed E-state index contributed by atoms with van der Waals surface area (Å²) in [4.78, 5) is 38.4. The van der Waals surface area contributed by atoms with Crippen molar-refractivity contribution >= 4 is 13.7 Å². The van der Waals surface area contributed by atoms with Gasteiger partial charge >= 0.3 is 19.4 Å². The first kappa shape index (κ1) is 30.3. The van der Waals surface area contributed by atoms with Gasteiger partial charge in [0.1, 0.15) is 29.4 Å². The molecule has 6 atom stereocenters. The largest absolute Gasteiger partial charge is 0.464 e. The zero-order chi connectivity index (χ0) is 29.0. The van der Waals surface area contributed by atoms with E-state index in [1.54, 1.807) is 18.2 Å². The number of nitriles is 1. The number of hydrogen-bond donors (Lipinski definition) is 3. The molecule has 3 N–H and O–H groups in total. The molecule has 2 aromatic rings. The molecule has 14 heteroatoms. The van der Waals surface area contributed by atoms with Crippen LogP contribution in [0.3, 0.4) is 0 Å². The number of carbonyl (C=O) groups excluding carboxylic acids is 1. The summed E-state index contributed by atoms with van der Waals surface area (Å²) in [6.45, 7) is 8.06. The molecule has 0 spiro atoms. The van der Waals surface area contributed by atoms with E-state index >= 15 is 0 Å². The second-order valence-electron chi connectivity index (χ2n) is 10.6. The fourth-order valence-electron chi connectivity index (χ4n) is 3.72. The van der Waals surface area contributed by atoms with Crippen LogP contribution >= 0.6 is 7.75 Å². The molecule has 3 rings (SSSR count). The van der Waals surface area contributed by atoms with Gasteiger partial charge in [0.25, 0.3) is 5.56 Å². The zero-order valence-electron chi connectivity index (χ0n) is 22.3. The van der Waals surface area contributed by atoms with Crippen LogP contribution in [0.2, 0.25) is 0 Å². The predicted molar refractivity (Wildman–Crippen MR) is 139 cm³/mol. The highest BCUT2D eigenvalue weighted by Gasteiger charge is 2.55. The molecular weight excluding hydrogens is 531 g/mol. The van der Waals surface area contributed by atoms with Crippen molar-refractivity contribution in [2.24, 2.45) is 10.8 Å². The minimum absolute atomic E-state index is 0.128. The van der Waals surface area contributed by atoms with E-state index in [-0.39, 0.29) is 17.8 Å². The number of esters is 1. The molecule has 212 valence electrons. The summed E-state index contributed by atoms with van der Waals surface area (Å²) in [6, 6.07) is 10.0. The lowest BCUT2D eigenvalue weighted by Crippen LogP contribution is -2.41. The lowest BCUT2D eigenvalue weighted by atomic mass is 9.84. The molecule has 13 nitrogen and oxygen atoms in total. The minimum Gasteiger partial charge on any atom is -0.464 e. The van der Waals surface area contributed by atoms with Crippen molar-refractivity contribution in [2.75, 3.05) is 13.2 Å². The number of ether oxygens (including phenoxy) is 2. The highest BCUT2D eigenvalue weighted by Crippen LogP contribution is 2.48. The van der Waals surface area contributed by atoms with E-state index in [0.29, 0.717) is 0 Å². The van der Waals surface area contributed by atoms with E-state index in [1.807, 2.05) is 26.8 Å². The molecular formula is C25H33N4O9P. The van der Waals surface area contributed by atoms with Crippen molar-refractivity contribution in [2.45, 2.75) is 59.1 Å². The van der Waals surface area contributed by atoms with E-state index in [1.165, 1.54) is 26.0 Å². The Morgan fingerprint density at radius 1 is 1.31 bits per heavy atom. The lowest BCUT2D eigenvalue weighted by molar-refractivity contribution is -0.148. The van der Waals surface area contributed by atoms with Gasteiger partial charge in [0, 0.05) is 12.3 Å². The Balaban J connectivity index is 1.81. The van der Waals surface area contributed by atoms with Crippen LogP contribution in [0.4, 0.5) is 0 Å². The Morgan fingerprint density at radius 2 is 1.97 bits per heavy atom. The van der Waals surface area contributed by atoms with Crippen LogP contribution in [0.25, 0.3) is 0 Å². The van der Waals surface area contributed by atoms with Gasteiger partial charge in [-0.25, -0.2) is 9.36 Å². The summed E-state index contributed by atoms with van der Waals surface area (Å²) in [5.41, 5.74) is -3.42. The molecule has 0 saturated carbocycles. The molecule has 0 aliphatic carbocycles. The molecule has 0 radical (unpaired) electrons. The number of H-pyrrole nitrogens is 1. The van der Waals surface area contributed by atoms with Gasteiger partial charge in [-0.2, -0.15) is 10.3 Å².